The zero-order valence-corrected chi connectivity index (χ0v) is 9.02. The van der Waals surface area contributed by atoms with Crippen molar-refractivity contribution in [2.45, 2.75) is 31.8 Å². The predicted octanol–water partition coefficient (Wildman–Crippen LogP) is 2.49. The highest BCUT2D eigenvalue weighted by molar-refractivity contribution is 5.02. The van der Waals surface area contributed by atoms with E-state index in [1.807, 2.05) is 12.1 Å². The summed E-state index contributed by atoms with van der Waals surface area (Å²) in [6.45, 7) is 1.28. The fraction of sp³-hybridized carbons (Fsp3) is 0.667. The summed E-state index contributed by atoms with van der Waals surface area (Å²) >= 11 is 0. The van der Waals surface area contributed by atoms with E-state index in [2.05, 4.69) is 0 Å². The maximum absolute atomic E-state index is 5.72. The molecular weight excluding hydrogens is 190 g/mol. The van der Waals surface area contributed by atoms with Gasteiger partial charge in [0.1, 0.15) is 11.9 Å². The molecule has 1 aromatic heterocycles. The van der Waals surface area contributed by atoms with E-state index in [1.54, 1.807) is 6.26 Å². The number of ether oxygens (including phenoxy) is 1. The molecule has 0 radical (unpaired) electrons. The fourth-order valence-corrected chi connectivity index (χ4v) is 1.90. The van der Waals surface area contributed by atoms with Gasteiger partial charge in [-0.25, -0.2) is 0 Å². The fourth-order valence-electron chi connectivity index (χ4n) is 1.90. The van der Waals surface area contributed by atoms with Crippen molar-refractivity contribution in [3.8, 4) is 0 Å². The molecule has 0 saturated heterocycles. The van der Waals surface area contributed by atoms with Gasteiger partial charge in [0, 0.05) is 13.2 Å². The lowest BCUT2D eigenvalue weighted by molar-refractivity contribution is 0.0296. The topological polar surface area (TPSA) is 48.4 Å². The van der Waals surface area contributed by atoms with Gasteiger partial charge in [0.05, 0.1) is 6.26 Å². The number of hydrogen-bond acceptors (Lipinski definition) is 3. The molecule has 2 N–H and O–H groups in total. The second-order valence-electron chi connectivity index (χ2n) is 4.20. The smallest absolute Gasteiger partial charge is 0.133 e. The zero-order chi connectivity index (χ0) is 10.5. The van der Waals surface area contributed by atoms with Crippen LogP contribution in [0, 0.1) is 5.92 Å². The molecule has 0 aliphatic heterocycles. The normalized spacial score (nSPS) is 18.7. The first kappa shape index (κ1) is 10.7. The number of hydrogen-bond donors (Lipinski definition) is 1. The Labute approximate surface area is 90.6 Å². The summed E-state index contributed by atoms with van der Waals surface area (Å²) in [4.78, 5) is 0. The summed E-state index contributed by atoms with van der Waals surface area (Å²) in [5, 5.41) is 0. The highest BCUT2D eigenvalue weighted by Crippen LogP contribution is 2.29. The standard InChI is InChI=1S/C12H19NO2/c13-9-12(11-5-2-7-14-11)15-8-6-10-3-1-4-10/h2,5,7,10,12H,1,3-4,6,8-9,13H2. The van der Waals surface area contributed by atoms with Gasteiger partial charge in [-0.1, -0.05) is 19.3 Å². The molecule has 3 heteroatoms. The van der Waals surface area contributed by atoms with Gasteiger partial charge in [0.15, 0.2) is 0 Å². The van der Waals surface area contributed by atoms with E-state index in [1.165, 1.54) is 19.3 Å². The lowest BCUT2D eigenvalue weighted by Gasteiger charge is -2.25. The second-order valence-corrected chi connectivity index (χ2v) is 4.20. The quantitative estimate of drug-likeness (QED) is 0.783. The van der Waals surface area contributed by atoms with E-state index in [4.69, 9.17) is 14.9 Å². The maximum Gasteiger partial charge on any atom is 0.133 e. The molecule has 0 aromatic carbocycles. The Bertz CT molecular complexity index is 267. The molecule has 1 atom stereocenters. The molecule has 2 rings (SSSR count). The summed E-state index contributed by atoms with van der Waals surface area (Å²) in [5.74, 6) is 1.73. The average Bonchev–Trinajstić information content (AvgIpc) is 2.68. The first-order valence-corrected chi connectivity index (χ1v) is 5.75. The van der Waals surface area contributed by atoms with Crippen LogP contribution in [0.15, 0.2) is 22.8 Å². The minimum absolute atomic E-state index is 0.0694. The zero-order valence-electron chi connectivity index (χ0n) is 9.02. The van der Waals surface area contributed by atoms with Gasteiger partial charge < -0.3 is 14.9 Å². The Hall–Kier alpha value is -0.800. The van der Waals surface area contributed by atoms with Crippen molar-refractivity contribution in [1.29, 1.82) is 0 Å². The summed E-state index contributed by atoms with van der Waals surface area (Å²) in [7, 11) is 0. The summed E-state index contributed by atoms with van der Waals surface area (Å²) in [6.07, 6.45) is 6.89. The van der Waals surface area contributed by atoms with E-state index >= 15 is 0 Å². The minimum Gasteiger partial charge on any atom is -0.467 e. The molecule has 1 unspecified atom stereocenters. The van der Waals surface area contributed by atoms with Crippen molar-refractivity contribution in [1.82, 2.24) is 0 Å². The summed E-state index contributed by atoms with van der Waals surface area (Å²) in [6, 6.07) is 3.79. The molecule has 0 bridgehead atoms. The third-order valence-corrected chi connectivity index (χ3v) is 3.14. The Balaban J connectivity index is 1.71. The number of nitrogens with two attached hydrogens (primary N) is 1. The van der Waals surface area contributed by atoms with Crippen LogP contribution in [-0.2, 0) is 4.74 Å². The van der Waals surface area contributed by atoms with Crippen LogP contribution >= 0.6 is 0 Å². The first-order valence-electron chi connectivity index (χ1n) is 5.75. The van der Waals surface area contributed by atoms with Crippen LogP contribution in [-0.4, -0.2) is 13.2 Å². The molecule has 15 heavy (non-hydrogen) atoms. The molecule has 3 nitrogen and oxygen atoms in total. The maximum atomic E-state index is 5.72. The van der Waals surface area contributed by atoms with Crippen LogP contribution < -0.4 is 5.73 Å². The lowest BCUT2D eigenvalue weighted by Crippen LogP contribution is -2.19. The molecule has 1 fully saturated rings. The molecule has 0 amide bonds. The Morgan fingerprint density at radius 1 is 1.53 bits per heavy atom. The van der Waals surface area contributed by atoms with Crippen molar-refractivity contribution in [2.75, 3.05) is 13.2 Å². The van der Waals surface area contributed by atoms with Gasteiger partial charge in [-0.05, 0) is 24.5 Å². The van der Waals surface area contributed by atoms with Gasteiger partial charge in [0.2, 0.25) is 0 Å². The molecule has 1 saturated carbocycles. The van der Waals surface area contributed by atoms with Crippen LogP contribution in [0.3, 0.4) is 0 Å². The highest BCUT2D eigenvalue weighted by atomic mass is 16.5. The van der Waals surface area contributed by atoms with Gasteiger partial charge in [-0.15, -0.1) is 0 Å². The van der Waals surface area contributed by atoms with Crippen molar-refractivity contribution >= 4 is 0 Å². The molecule has 1 aliphatic rings. The van der Waals surface area contributed by atoms with Crippen LogP contribution in [0.1, 0.15) is 37.5 Å². The largest absolute Gasteiger partial charge is 0.467 e. The number of rotatable bonds is 6. The van der Waals surface area contributed by atoms with Gasteiger partial charge in [0.25, 0.3) is 0 Å². The lowest BCUT2D eigenvalue weighted by atomic mass is 9.83. The van der Waals surface area contributed by atoms with E-state index in [9.17, 15) is 0 Å². The third-order valence-electron chi connectivity index (χ3n) is 3.14. The predicted molar refractivity (Wildman–Crippen MR) is 58.4 cm³/mol. The van der Waals surface area contributed by atoms with E-state index in [0.717, 1.165) is 24.7 Å². The van der Waals surface area contributed by atoms with E-state index in [0.29, 0.717) is 6.54 Å². The molecule has 1 aliphatic carbocycles. The van der Waals surface area contributed by atoms with Gasteiger partial charge >= 0.3 is 0 Å². The minimum atomic E-state index is -0.0694. The molecule has 84 valence electrons. The van der Waals surface area contributed by atoms with Crippen molar-refractivity contribution in [2.24, 2.45) is 11.7 Å². The Morgan fingerprint density at radius 3 is 2.93 bits per heavy atom. The van der Waals surface area contributed by atoms with Crippen molar-refractivity contribution in [3.05, 3.63) is 24.2 Å². The van der Waals surface area contributed by atoms with E-state index in [-0.39, 0.29) is 6.10 Å². The first-order chi connectivity index (χ1) is 7.40. The SMILES string of the molecule is NCC(OCCC1CCC1)c1ccco1. The summed E-state index contributed by atoms with van der Waals surface area (Å²) < 4.78 is 11.0. The van der Waals surface area contributed by atoms with Gasteiger partial charge in [-0.2, -0.15) is 0 Å². The number of furan rings is 1. The molecular formula is C12H19NO2. The van der Waals surface area contributed by atoms with Crippen LogP contribution in [0.25, 0.3) is 0 Å². The van der Waals surface area contributed by atoms with Gasteiger partial charge in [-0.3, -0.25) is 0 Å². The van der Waals surface area contributed by atoms with Crippen molar-refractivity contribution in [3.63, 3.8) is 0 Å². The van der Waals surface area contributed by atoms with E-state index < -0.39 is 0 Å². The van der Waals surface area contributed by atoms with Crippen LogP contribution in [0.2, 0.25) is 0 Å². The van der Waals surface area contributed by atoms with Crippen LogP contribution in [0.4, 0.5) is 0 Å². The second kappa shape index (κ2) is 5.33. The molecule has 1 heterocycles. The van der Waals surface area contributed by atoms with Crippen molar-refractivity contribution < 1.29 is 9.15 Å². The highest BCUT2D eigenvalue weighted by Gasteiger charge is 2.18. The molecule has 0 spiro atoms. The third kappa shape index (κ3) is 2.83. The average molecular weight is 209 g/mol. The molecule has 1 aromatic rings. The Kier molecular flexibility index (Phi) is 3.80. The monoisotopic (exact) mass is 209 g/mol. The Morgan fingerprint density at radius 2 is 2.40 bits per heavy atom. The summed E-state index contributed by atoms with van der Waals surface area (Å²) in [5.41, 5.74) is 5.64. The van der Waals surface area contributed by atoms with Crippen LogP contribution in [0.5, 0.6) is 0 Å².